The Morgan fingerprint density at radius 1 is 1.17 bits per heavy atom. The molecule has 3 rings (SSSR count). The maximum absolute atomic E-state index is 14.1. The maximum Gasteiger partial charge on any atom is 0.162 e. The minimum absolute atomic E-state index is 0.0320. The Morgan fingerprint density at radius 3 is 2.62 bits per heavy atom. The highest BCUT2D eigenvalue weighted by Gasteiger charge is 2.45. The van der Waals surface area contributed by atoms with Crippen molar-refractivity contribution in [1.82, 2.24) is 5.17 Å². The zero-order valence-corrected chi connectivity index (χ0v) is 13.6. The molecular formula is C17H17F2N3OS. The monoisotopic (exact) mass is 349 g/mol. The minimum atomic E-state index is -0.908. The molecule has 1 aliphatic heterocycles. The lowest BCUT2D eigenvalue weighted by Crippen LogP contribution is -2.35. The van der Waals surface area contributed by atoms with E-state index in [0.29, 0.717) is 19.4 Å². The number of hydroxylamine groups is 1. The second-order valence-electron chi connectivity index (χ2n) is 5.46. The molecule has 1 heterocycles. The van der Waals surface area contributed by atoms with Crippen LogP contribution in [0.4, 0.5) is 8.78 Å². The third-order valence-corrected chi connectivity index (χ3v) is 5.31. The average molecular weight is 349 g/mol. The first-order valence-corrected chi connectivity index (χ1v) is 8.36. The van der Waals surface area contributed by atoms with Crippen molar-refractivity contribution in [2.45, 2.75) is 17.7 Å². The second-order valence-corrected chi connectivity index (χ2v) is 6.73. The van der Waals surface area contributed by atoms with Gasteiger partial charge >= 0.3 is 0 Å². The van der Waals surface area contributed by atoms with Crippen LogP contribution in [0.2, 0.25) is 0 Å². The van der Waals surface area contributed by atoms with Gasteiger partial charge < -0.3 is 5.73 Å². The van der Waals surface area contributed by atoms with E-state index in [1.807, 2.05) is 30.3 Å². The van der Waals surface area contributed by atoms with Gasteiger partial charge in [0.2, 0.25) is 0 Å². The maximum atomic E-state index is 14.1. The lowest BCUT2D eigenvalue weighted by atomic mass is 10.0. The molecule has 1 aliphatic rings. The number of benzene rings is 2. The van der Waals surface area contributed by atoms with Gasteiger partial charge in [-0.05, 0) is 43.1 Å². The highest BCUT2D eigenvalue weighted by atomic mass is 32.2. The molecular weight excluding hydrogens is 332 g/mol. The first-order chi connectivity index (χ1) is 11.6. The highest BCUT2D eigenvalue weighted by molar-refractivity contribution is 8.15. The Kier molecular flexibility index (Phi) is 4.84. The summed E-state index contributed by atoms with van der Waals surface area (Å²) < 4.78 is 27.6. The van der Waals surface area contributed by atoms with E-state index in [0.717, 1.165) is 28.9 Å². The van der Waals surface area contributed by atoms with Gasteiger partial charge in [-0.3, -0.25) is 5.21 Å². The summed E-state index contributed by atoms with van der Waals surface area (Å²) in [6.45, 7) is 0.451. The fraction of sp³-hybridized carbons (Fsp3) is 0.235. The average Bonchev–Trinajstić information content (AvgIpc) is 2.93. The van der Waals surface area contributed by atoms with Crippen molar-refractivity contribution in [2.24, 2.45) is 10.8 Å². The van der Waals surface area contributed by atoms with Gasteiger partial charge in [0, 0.05) is 5.56 Å². The summed E-state index contributed by atoms with van der Waals surface area (Å²) in [6.07, 6.45) is 1.16. The summed E-state index contributed by atoms with van der Waals surface area (Å²) in [7, 11) is 0. The van der Waals surface area contributed by atoms with E-state index in [-0.39, 0.29) is 10.6 Å². The molecule has 0 fully saturated rings. The highest BCUT2D eigenvalue weighted by Crippen LogP contribution is 2.49. The summed E-state index contributed by atoms with van der Waals surface area (Å²) in [4.78, 5) is -0.908. The Labute approximate surface area is 142 Å². The van der Waals surface area contributed by atoms with Gasteiger partial charge in [-0.15, -0.1) is 5.10 Å². The van der Waals surface area contributed by atoms with E-state index >= 15 is 0 Å². The molecule has 0 saturated carbocycles. The van der Waals surface area contributed by atoms with Crippen molar-refractivity contribution >= 4 is 16.8 Å². The first-order valence-electron chi connectivity index (χ1n) is 7.54. The summed E-state index contributed by atoms with van der Waals surface area (Å²) in [6, 6.07) is 12.5. The van der Waals surface area contributed by atoms with Crippen LogP contribution in [0.25, 0.3) is 0 Å². The number of thioether (sulfide) groups is 1. The molecule has 0 aliphatic carbocycles. The van der Waals surface area contributed by atoms with Crippen molar-refractivity contribution in [3.8, 4) is 0 Å². The Balaban J connectivity index is 2.00. The largest absolute Gasteiger partial charge is 0.330 e. The predicted octanol–water partition coefficient (Wildman–Crippen LogP) is 3.66. The lowest BCUT2D eigenvalue weighted by molar-refractivity contribution is -0.141. The third kappa shape index (κ3) is 3.02. The number of nitrogens with zero attached hydrogens (tertiary/aromatic N) is 2. The van der Waals surface area contributed by atoms with Gasteiger partial charge in [0.15, 0.2) is 4.87 Å². The fourth-order valence-corrected chi connectivity index (χ4v) is 4.00. The number of hydrazone groups is 1. The molecule has 0 aromatic heterocycles. The predicted molar refractivity (Wildman–Crippen MR) is 90.5 cm³/mol. The van der Waals surface area contributed by atoms with Crippen LogP contribution in [0, 0.1) is 11.6 Å². The molecule has 1 unspecified atom stereocenters. The van der Waals surface area contributed by atoms with E-state index in [2.05, 4.69) is 5.10 Å². The number of hydrogen-bond acceptors (Lipinski definition) is 5. The minimum Gasteiger partial charge on any atom is -0.330 e. The Morgan fingerprint density at radius 2 is 1.92 bits per heavy atom. The first kappa shape index (κ1) is 16.9. The molecule has 3 N–H and O–H groups in total. The van der Waals surface area contributed by atoms with E-state index < -0.39 is 16.5 Å². The zero-order chi connectivity index (χ0) is 17.2. The van der Waals surface area contributed by atoms with Gasteiger partial charge in [-0.2, -0.15) is 5.17 Å². The molecule has 1 atom stereocenters. The fourth-order valence-electron chi connectivity index (χ4n) is 2.67. The van der Waals surface area contributed by atoms with Crippen LogP contribution in [0.5, 0.6) is 0 Å². The third-order valence-electron chi connectivity index (χ3n) is 3.88. The van der Waals surface area contributed by atoms with E-state index in [9.17, 15) is 14.0 Å². The quantitative estimate of drug-likeness (QED) is 0.865. The van der Waals surface area contributed by atoms with Crippen molar-refractivity contribution in [3.63, 3.8) is 0 Å². The Bertz CT molecular complexity index is 757. The van der Waals surface area contributed by atoms with Crippen LogP contribution in [-0.4, -0.2) is 22.0 Å². The number of hydrogen-bond donors (Lipinski definition) is 2. The van der Waals surface area contributed by atoms with Crippen LogP contribution in [0.3, 0.4) is 0 Å². The summed E-state index contributed by atoms with van der Waals surface area (Å²) in [5, 5.41) is 15.6. The van der Waals surface area contributed by atoms with E-state index in [4.69, 9.17) is 5.73 Å². The summed E-state index contributed by atoms with van der Waals surface area (Å²) >= 11 is 1.20. The summed E-state index contributed by atoms with van der Waals surface area (Å²) in [5.41, 5.74) is 6.48. The topological polar surface area (TPSA) is 61.8 Å². The van der Waals surface area contributed by atoms with Crippen LogP contribution in [-0.2, 0) is 4.87 Å². The van der Waals surface area contributed by atoms with Crippen molar-refractivity contribution in [3.05, 3.63) is 71.3 Å². The molecule has 4 nitrogen and oxygen atoms in total. The molecule has 0 amide bonds. The second kappa shape index (κ2) is 6.88. The van der Waals surface area contributed by atoms with Crippen LogP contribution >= 0.6 is 11.8 Å². The van der Waals surface area contributed by atoms with Crippen LogP contribution in [0.15, 0.2) is 53.6 Å². The van der Waals surface area contributed by atoms with Gasteiger partial charge in [0.1, 0.15) is 16.7 Å². The van der Waals surface area contributed by atoms with Gasteiger partial charge in [0.05, 0.1) is 0 Å². The van der Waals surface area contributed by atoms with Crippen molar-refractivity contribution in [2.75, 3.05) is 6.54 Å². The number of halogens is 2. The summed E-state index contributed by atoms with van der Waals surface area (Å²) in [5.74, 6) is -1.14. The van der Waals surface area contributed by atoms with Gasteiger partial charge in [0.25, 0.3) is 0 Å². The molecule has 0 bridgehead atoms. The molecule has 7 heteroatoms. The van der Waals surface area contributed by atoms with Crippen LogP contribution < -0.4 is 5.73 Å². The van der Waals surface area contributed by atoms with E-state index in [1.165, 1.54) is 11.8 Å². The number of nitrogens with two attached hydrogens (primary N) is 1. The SMILES string of the molecule is NCCCC1(c2ccccc2)SC(c2cc(F)ccc2F)=NN1O. The standard InChI is InChI=1S/C17H17F2N3OS/c18-13-7-8-15(19)14(11-13)16-21-22(23)17(24-16,9-4-10-20)12-5-2-1-3-6-12/h1-3,5-8,11,23H,4,9-10,20H2. The smallest absolute Gasteiger partial charge is 0.162 e. The van der Waals surface area contributed by atoms with Gasteiger partial charge in [-0.25, -0.2) is 8.78 Å². The molecule has 0 radical (unpaired) electrons. The van der Waals surface area contributed by atoms with Crippen molar-refractivity contribution in [1.29, 1.82) is 0 Å². The van der Waals surface area contributed by atoms with Crippen LogP contribution in [0.1, 0.15) is 24.0 Å². The molecule has 24 heavy (non-hydrogen) atoms. The zero-order valence-electron chi connectivity index (χ0n) is 12.8. The normalized spacial score (nSPS) is 20.3. The van der Waals surface area contributed by atoms with Crippen molar-refractivity contribution < 1.29 is 14.0 Å². The Hall–Kier alpha value is -1.96. The molecule has 2 aromatic carbocycles. The molecule has 0 saturated heterocycles. The molecule has 0 spiro atoms. The lowest BCUT2D eigenvalue weighted by Gasteiger charge is -2.32. The van der Waals surface area contributed by atoms with E-state index in [1.54, 1.807) is 0 Å². The van der Waals surface area contributed by atoms with Gasteiger partial charge in [-0.1, -0.05) is 42.1 Å². The molecule has 2 aromatic rings. The molecule has 126 valence electrons. The number of rotatable bonds is 5.